The van der Waals surface area contributed by atoms with Gasteiger partial charge in [-0.25, -0.2) is 14.7 Å². The molecule has 2 aliphatic rings. The average Bonchev–Trinajstić information content (AvgIpc) is 2.89. The maximum atomic E-state index is 13.0. The molecule has 4 N–H and O–H groups in total. The summed E-state index contributed by atoms with van der Waals surface area (Å²) in [6.07, 6.45) is -0.809. The first-order chi connectivity index (χ1) is 19.3. The monoisotopic (exact) mass is 604 g/mol. The van der Waals surface area contributed by atoms with Crippen molar-refractivity contribution in [3.05, 3.63) is 61.8 Å². The molecule has 3 heterocycles. The van der Waals surface area contributed by atoms with Crippen LogP contribution in [0.15, 0.2) is 50.3 Å². The third-order valence-corrected chi connectivity index (χ3v) is 8.44. The molecule has 0 spiro atoms. The molecule has 2 aliphatic heterocycles. The van der Waals surface area contributed by atoms with E-state index in [0.29, 0.717) is 16.8 Å². The number of rotatable bonds is 8. The highest BCUT2D eigenvalue weighted by Crippen LogP contribution is 2.41. The van der Waals surface area contributed by atoms with Crippen LogP contribution < -0.4 is 21.8 Å². The van der Waals surface area contributed by atoms with E-state index in [1.807, 2.05) is 0 Å². The Hall–Kier alpha value is -4.05. The molecular weight excluding hydrogens is 576 g/mol. The predicted molar refractivity (Wildman–Crippen MR) is 151 cm³/mol. The second-order valence-electron chi connectivity index (χ2n) is 10.2. The van der Waals surface area contributed by atoms with Gasteiger partial charge >= 0.3 is 23.2 Å². The summed E-state index contributed by atoms with van der Waals surface area (Å²) < 4.78 is 6.33. The van der Waals surface area contributed by atoms with Crippen LogP contribution in [0.1, 0.15) is 26.3 Å². The lowest BCUT2D eigenvalue weighted by atomic mass is 10.0. The fraction of sp³-hybridized carbons (Fsp3) is 0.400. The summed E-state index contributed by atoms with van der Waals surface area (Å²) in [4.78, 5) is 74.7. The maximum absolute atomic E-state index is 13.0. The topological polar surface area (TPSA) is 193 Å². The van der Waals surface area contributed by atoms with Crippen LogP contribution in [0.4, 0.5) is 10.5 Å². The van der Waals surface area contributed by atoms with E-state index in [-0.39, 0.29) is 28.8 Å². The number of amides is 3. The number of anilines is 1. The van der Waals surface area contributed by atoms with Crippen LogP contribution in [0.25, 0.3) is 0 Å². The number of β-lactam (4-membered cyclic amide) rings is 1. The Morgan fingerprint density at radius 1 is 1.22 bits per heavy atom. The van der Waals surface area contributed by atoms with E-state index >= 15 is 0 Å². The molecular formula is C25H28N6O8S2. The van der Waals surface area contributed by atoms with Crippen molar-refractivity contribution in [3.63, 3.8) is 0 Å². The zero-order chi connectivity index (χ0) is 30.1. The zero-order valence-electron chi connectivity index (χ0n) is 22.5. The summed E-state index contributed by atoms with van der Waals surface area (Å²) in [6.45, 7) is 5.19. The minimum absolute atomic E-state index is 0.107. The number of carbonyl (C=O) groups is 4. The van der Waals surface area contributed by atoms with E-state index in [0.717, 1.165) is 21.2 Å². The molecule has 16 heteroatoms. The number of ether oxygens (including phenoxy) is 1. The van der Waals surface area contributed by atoms with Gasteiger partial charge in [0.15, 0.2) is 5.16 Å². The van der Waals surface area contributed by atoms with Crippen LogP contribution in [0.2, 0.25) is 0 Å². The van der Waals surface area contributed by atoms with Crippen molar-refractivity contribution in [1.82, 2.24) is 25.0 Å². The number of aromatic nitrogens is 3. The quantitative estimate of drug-likeness (QED) is 0.190. The van der Waals surface area contributed by atoms with Gasteiger partial charge in [-0.2, -0.15) is 0 Å². The molecule has 1 fully saturated rings. The third-order valence-electron chi connectivity index (χ3n) is 5.98. The standard InChI is InChI=1S/C25H28N6O8S2/c1-25(2,3)39-24(38)26-14-8-6-5-7-12(14)9-15(32)27-16-19(34)31-17(22(36)37)13(10-40-21(16)31)11-41-23-29-28-18(33)20(35)30(23)4/h5-8,16,21H,9-11H2,1-4H3,(H,26,38)(H,27,32)(H,28,33)(H,36,37)/t16-,21+/m0/s1. The van der Waals surface area contributed by atoms with Crippen molar-refractivity contribution < 1.29 is 29.0 Å². The molecule has 2 aromatic rings. The first kappa shape index (κ1) is 29.9. The Labute approximate surface area is 241 Å². The van der Waals surface area contributed by atoms with Crippen molar-refractivity contribution in [3.8, 4) is 0 Å². The number of aromatic amines is 1. The van der Waals surface area contributed by atoms with Crippen molar-refractivity contribution in [1.29, 1.82) is 0 Å². The van der Waals surface area contributed by atoms with Gasteiger partial charge in [-0.3, -0.25) is 34.0 Å². The molecule has 1 aromatic heterocycles. The fourth-order valence-corrected chi connectivity index (χ4v) is 6.55. The summed E-state index contributed by atoms with van der Waals surface area (Å²) in [5.41, 5.74) is -1.23. The number of nitrogens with zero attached hydrogens (tertiary/aromatic N) is 3. The van der Waals surface area contributed by atoms with E-state index in [2.05, 4.69) is 20.8 Å². The number of H-pyrrole nitrogens is 1. The Morgan fingerprint density at radius 3 is 2.61 bits per heavy atom. The number of hydrogen-bond donors (Lipinski definition) is 4. The number of aliphatic carboxylic acids is 1. The number of nitrogens with one attached hydrogen (secondary N) is 3. The molecule has 41 heavy (non-hydrogen) atoms. The van der Waals surface area contributed by atoms with Gasteiger partial charge in [-0.05, 0) is 38.0 Å². The summed E-state index contributed by atoms with van der Waals surface area (Å²) in [5.74, 6) is -1.97. The highest BCUT2D eigenvalue weighted by atomic mass is 32.2. The van der Waals surface area contributed by atoms with Crippen molar-refractivity contribution in [2.45, 2.75) is 49.4 Å². The number of carboxylic acid groups (broad SMARTS) is 1. The van der Waals surface area contributed by atoms with Gasteiger partial charge in [0.05, 0.1) is 6.42 Å². The Kier molecular flexibility index (Phi) is 8.63. The van der Waals surface area contributed by atoms with Gasteiger partial charge in [0.2, 0.25) is 5.91 Å². The molecule has 14 nitrogen and oxygen atoms in total. The lowest BCUT2D eigenvalue weighted by Gasteiger charge is -2.49. The molecule has 1 aromatic carbocycles. The van der Waals surface area contributed by atoms with Gasteiger partial charge < -0.3 is 15.2 Å². The van der Waals surface area contributed by atoms with Gasteiger partial charge in [-0.15, -0.1) is 16.9 Å². The second-order valence-corrected chi connectivity index (χ2v) is 12.2. The highest BCUT2D eigenvalue weighted by molar-refractivity contribution is 8.01. The average molecular weight is 605 g/mol. The minimum Gasteiger partial charge on any atom is -0.477 e. The number of carbonyl (C=O) groups excluding carboxylic acids is 3. The molecule has 1 saturated heterocycles. The lowest BCUT2D eigenvalue weighted by Crippen LogP contribution is -2.70. The van der Waals surface area contributed by atoms with Crippen LogP contribution in [0, 0.1) is 0 Å². The van der Waals surface area contributed by atoms with Crippen molar-refractivity contribution in [2.24, 2.45) is 7.05 Å². The SMILES string of the molecule is Cn1c(SCC2=C(C(=O)O)N3C(=O)[C@H](NC(=O)Cc4ccccc4NC(=O)OC(C)(C)C)[C@H]3SC2)n[nH]c(=O)c1=O. The van der Waals surface area contributed by atoms with E-state index < -0.39 is 52.0 Å². The fourth-order valence-electron chi connectivity index (χ4n) is 4.14. The van der Waals surface area contributed by atoms with Gasteiger partial charge in [0.1, 0.15) is 22.7 Å². The van der Waals surface area contributed by atoms with Crippen LogP contribution in [0.5, 0.6) is 0 Å². The molecule has 4 rings (SSSR count). The summed E-state index contributed by atoms with van der Waals surface area (Å²) >= 11 is 2.35. The Bertz CT molecular complexity index is 1560. The summed E-state index contributed by atoms with van der Waals surface area (Å²) in [5, 5.41) is 20.7. The molecule has 3 amide bonds. The van der Waals surface area contributed by atoms with Gasteiger partial charge in [-0.1, -0.05) is 30.0 Å². The van der Waals surface area contributed by atoms with Crippen molar-refractivity contribution in [2.75, 3.05) is 16.8 Å². The molecule has 0 aliphatic carbocycles. The number of benzene rings is 1. The normalized spacial score (nSPS) is 18.3. The molecule has 2 atom stereocenters. The van der Waals surface area contributed by atoms with Crippen LogP contribution in [0.3, 0.4) is 0 Å². The molecule has 0 unspecified atom stereocenters. The maximum Gasteiger partial charge on any atom is 0.412 e. The third kappa shape index (κ3) is 6.65. The zero-order valence-corrected chi connectivity index (χ0v) is 24.2. The first-order valence-corrected chi connectivity index (χ1v) is 14.4. The number of para-hydroxylation sites is 1. The largest absolute Gasteiger partial charge is 0.477 e. The second kappa shape index (κ2) is 11.8. The van der Waals surface area contributed by atoms with Crippen molar-refractivity contribution >= 4 is 53.1 Å². The Morgan fingerprint density at radius 2 is 1.93 bits per heavy atom. The van der Waals surface area contributed by atoms with Gasteiger partial charge in [0.25, 0.3) is 5.91 Å². The van der Waals surface area contributed by atoms with Crippen LogP contribution in [-0.2, 0) is 32.6 Å². The van der Waals surface area contributed by atoms with Crippen LogP contribution in [-0.4, -0.2) is 77.2 Å². The van der Waals surface area contributed by atoms with Gasteiger partial charge in [0, 0.05) is 24.2 Å². The molecule has 0 saturated carbocycles. The summed E-state index contributed by atoms with van der Waals surface area (Å²) in [7, 11) is 1.38. The molecule has 0 bridgehead atoms. The number of fused-ring (bicyclic) bond motifs is 1. The van der Waals surface area contributed by atoms with E-state index in [4.69, 9.17) is 4.74 Å². The first-order valence-electron chi connectivity index (χ1n) is 12.3. The van der Waals surface area contributed by atoms with E-state index in [1.165, 1.54) is 18.8 Å². The number of thioether (sulfide) groups is 2. The molecule has 0 radical (unpaired) electrons. The Balaban J connectivity index is 1.42. The molecule has 218 valence electrons. The summed E-state index contributed by atoms with van der Waals surface area (Å²) in [6, 6.07) is 5.77. The number of hydrogen-bond acceptors (Lipinski definition) is 10. The predicted octanol–water partition coefficient (Wildman–Crippen LogP) is 0.889. The lowest BCUT2D eigenvalue weighted by molar-refractivity contribution is -0.150. The smallest absolute Gasteiger partial charge is 0.412 e. The highest BCUT2D eigenvalue weighted by Gasteiger charge is 2.54. The van der Waals surface area contributed by atoms with E-state index in [1.54, 1.807) is 45.0 Å². The van der Waals surface area contributed by atoms with Crippen LogP contribution >= 0.6 is 23.5 Å². The minimum atomic E-state index is -1.30. The van der Waals surface area contributed by atoms with E-state index in [9.17, 15) is 33.9 Å². The number of carboxylic acids is 1.